The Hall–Kier alpha value is -5.08. The van der Waals surface area contributed by atoms with Gasteiger partial charge in [0.1, 0.15) is 18.1 Å². The maximum absolute atomic E-state index is 14.2. The fourth-order valence-corrected chi connectivity index (χ4v) is 6.33. The minimum absolute atomic E-state index is 0.0632. The normalized spacial score (nSPS) is 13.4. The van der Waals surface area contributed by atoms with Gasteiger partial charge in [-0.2, -0.15) is 8.42 Å². The third-order valence-corrected chi connectivity index (χ3v) is 8.80. The summed E-state index contributed by atoms with van der Waals surface area (Å²) in [5.74, 6) is -13.8. The molecule has 0 atom stereocenters. The van der Waals surface area contributed by atoms with Crippen molar-refractivity contribution in [3.63, 3.8) is 0 Å². The Kier molecular flexibility index (Phi) is 7.65. The van der Waals surface area contributed by atoms with Crippen molar-refractivity contribution in [1.29, 1.82) is 0 Å². The second-order valence-corrected chi connectivity index (χ2v) is 11.7. The summed E-state index contributed by atoms with van der Waals surface area (Å²) in [6.45, 7) is 3.93. The van der Waals surface area contributed by atoms with E-state index in [0.717, 1.165) is 17.2 Å². The third-order valence-electron chi connectivity index (χ3n) is 7.64. The van der Waals surface area contributed by atoms with Crippen molar-refractivity contribution in [2.24, 2.45) is 0 Å². The number of fused-ring (bicyclic) bond motifs is 5. The number of ether oxygens (including phenoxy) is 1. The summed E-state index contributed by atoms with van der Waals surface area (Å²) in [7, 11) is -5.67. The molecule has 6 rings (SSSR count). The van der Waals surface area contributed by atoms with Crippen LogP contribution in [0.5, 0.6) is 5.75 Å². The molecule has 46 heavy (non-hydrogen) atoms. The van der Waals surface area contributed by atoms with Gasteiger partial charge in [0.05, 0.1) is 16.5 Å². The Morgan fingerprint density at radius 3 is 2.26 bits per heavy atom. The summed E-state index contributed by atoms with van der Waals surface area (Å²) >= 11 is 0. The van der Waals surface area contributed by atoms with Crippen molar-refractivity contribution in [1.82, 2.24) is 10.0 Å². The third kappa shape index (κ3) is 4.81. The highest BCUT2D eigenvalue weighted by atomic mass is 32.2. The quantitative estimate of drug-likeness (QED) is 0.0709. The molecule has 0 unspecified atom stereocenters. The Bertz CT molecular complexity index is 2250. The number of aryl methyl sites for hydroxylation is 2. The molecule has 236 valence electrons. The number of ketones is 2. The maximum atomic E-state index is 14.2. The summed E-state index contributed by atoms with van der Waals surface area (Å²) in [5, 5.41) is 1.09. The molecule has 0 saturated carbocycles. The van der Waals surface area contributed by atoms with Crippen LogP contribution in [-0.4, -0.2) is 31.2 Å². The second kappa shape index (κ2) is 11.4. The number of benzene rings is 4. The molecule has 0 amide bonds. The lowest BCUT2D eigenvalue weighted by molar-refractivity contribution is 0.0991. The first-order chi connectivity index (χ1) is 21.9. The molecule has 1 aliphatic rings. The predicted octanol–water partition coefficient (Wildman–Crippen LogP) is 6.42. The zero-order valence-corrected chi connectivity index (χ0v) is 24.7. The number of hydrogen-bond donors (Lipinski definition) is 1. The topological polar surface area (TPSA) is 104 Å². The summed E-state index contributed by atoms with van der Waals surface area (Å²) in [6, 6.07) is 15.4. The molecule has 0 spiro atoms. The van der Waals surface area contributed by atoms with Crippen LogP contribution in [0.4, 0.5) is 22.0 Å². The monoisotopic (exact) mass is 656 g/mol. The average molecular weight is 657 g/mol. The number of carbonyl (C=O) groups is 2. The van der Waals surface area contributed by atoms with Crippen LogP contribution in [0.2, 0.25) is 0 Å². The number of aromatic nitrogens is 1. The number of nitrogens with one attached hydrogen (secondary N) is 1. The van der Waals surface area contributed by atoms with E-state index in [1.54, 1.807) is 41.9 Å². The molecule has 4 aromatic carbocycles. The van der Waals surface area contributed by atoms with E-state index in [1.165, 1.54) is 6.07 Å². The van der Waals surface area contributed by atoms with Crippen LogP contribution < -0.4 is 10.2 Å². The van der Waals surface area contributed by atoms with E-state index < -0.39 is 55.6 Å². The Morgan fingerprint density at radius 2 is 1.59 bits per heavy atom. The minimum atomic E-state index is -5.67. The number of allylic oxidation sites excluding steroid dienone is 1. The van der Waals surface area contributed by atoms with Gasteiger partial charge in [0.2, 0.25) is 11.6 Å². The summed E-state index contributed by atoms with van der Waals surface area (Å²) in [4.78, 5) is 24.8. The molecule has 8 nitrogen and oxygen atoms in total. The number of carbonyl (C=O) groups excluding carboxylic acids is 2. The molecule has 0 saturated heterocycles. The fraction of sp³-hybridized carbons (Fsp3) is 0.125. The van der Waals surface area contributed by atoms with Crippen LogP contribution >= 0.6 is 0 Å². The summed E-state index contributed by atoms with van der Waals surface area (Å²) in [5.41, 5.74) is 4.27. The first-order valence-electron chi connectivity index (χ1n) is 13.6. The summed E-state index contributed by atoms with van der Waals surface area (Å²) < 4.78 is 106. The maximum Gasteiger partial charge on any atom is 0.323 e. The molecule has 14 heteroatoms. The SMILES string of the molecule is CCn1c2ccc(C(=O)c3ccccc3C)cc2c2c3c(ccc21)C(=O)C(NOS(=O)(=O)c1c(F)c(F)c(F)c(F)c1F)=CCO3. The minimum Gasteiger partial charge on any atom is -0.488 e. The lowest BCUT2D eigenvalue weighted by atomic mass is 9.97. The van der Waals surface area contributed by atoms with E-state index in [0.29, 0.717) is 34.0 Å². The van der Waals surface area contributed by atoms with Crippen LogP contribution in [0.15, 0.2) is 71.3 Å². The van der Waals surface area contributed by atoms with Crippen LogP contribution in [0.25, 0.3) is 21.8 Å². The number of rotatable bonds is 7. The molecule has 0 aliphatic carbocycles. The summed E-state index contributed by atoms with van der Waals surface area (Å²) in [6.07, 6.45) is 1.08. The van der Waals surface area contributed by atoms with Crippen molar-refractivity contribution in [3.05, 3.63) is 118 Å². The predicted molar refractivity (Wildman–Crippen MR) is 155 cm³/mol. The molecular formula is C32H21F5N2O6S. The van der Waals surface area contributed by atoms with Crippen LogP contribution in [-0.2, 0) is 20.9 Å². The van der Waals surface area contributed by atoms with Gasteiger partial charge in [0.25, 0.3) is 0 Å². The van der Waals surface area contributed by atoms with Crippen molar-refractivity contribution < 1.29 is 49.0 Å². The fourth-order valence-electron chi connectivity index (χ4n) is 5.43. The number of nitrogens with zero attached hydrogens (tertiary/aromatic N) is 1. The Labute approximate surface area is 257 Å². The van der Waals surface area contributed by atoms with Gasteiger partial charge in [-0.3, -0.25) is 9.59 Å². The second-order valence-electron chi connectivity index (χ2n) is 10.3. The standard InChI is InChI=1S/C32H21F5N2O6S/c1-3-39-21-10-8-16(29(40)17-7-5-4-6-15(17)2)14-19(21)23-22(39)11-9-18-30(41)20(12-13-44-31(18)23)38-45-46(42,43)32-27(36)25(34)24(33)26(35)28(32)37/h4-12,14,38H,3,13H2,1-2H3. The Morgan fingerprint density at radius 1 is 0.935 bits per heavy atom. The highest BCUT2D eigenvalue weighted by Crippen LogP contribution is 2.40. The van der Waals surface area contributed by atoms with E-state index in [2.05, 4.69) is 4.28 Å². The van der Waals surface area contributed by atoms with E-state index in [1.807, 2.05) is 30.5 Å². The molecule has 0 radical (unpaired) electrons. The van der Waals surface area contributed by atoms with E-state index in [9.17, 15) is 40.0 Å². The van der Waals surface area contributed by atoms with Gasteiger partial charge in [-0.25, -0.2) is 27.4 Å². The first kappa shape index (κ1) is 30.9. The zero-order chi connectivity index (χ0) is 33.1. The number of Topliss-reactive ketones (excluding diaryl/α,β-unsaturated/α-hetero) is 1. The molecule has 5 aromatic rings. The first-order valence-corrected chi connectivity index (χ1v) is 15.1. The van der Waals surface area contributed by atoms with Crippen LogP contribution in [0, 0.1) is 36.0 Å². The zero-order valence-electron chi connectivity index (χ0n) is 23.9. The molecule has 1 aromatic heterocycles. The van der Waals surface area contributed by atoms with Crippen molar-refractivity contribution in [3.8, 4) is 5.75 Å². The van der Waals surface area contributed by atoms with Gasteiger partial charge < -0.3 is 9.30 Å². The van der Waals surface area contributed by atoms with Gasteiger partial charge in [-0.15, -0.1) is 4.28 Å². The van der Waals surface area contributed by atoms with Gasteiger partial charge in [0, 0.05) is 28.6 Å². The molecule has 0 bridgehead atoms. The number of halogens is 5. The average Bonchev–Trinajstić information content (AvgIpc) is 3.27. The van der Waals surface area contributed by atoms with Crippen molar-refractivity contribution in [2.75, 3.05) is 6.61 Å². The molecule has 0 fully saturated rings. The van der Waals surface area contributed by atoms with E-state index in [4.69, 9.17) is 4.74 Å². The van der Waals surface area contributed by atoms with Gasteiger partial charge in [0.15, 0.2) is 33.9 Å². The van der Waals surface area contributed by atoms with E-state index >= 15 is 0 Å². The van der Waals surface area contributed by atoms with Crippen LogP contribution in [0.1, 0.15) is 38.8 Å². The largest absolute Gasteiger partial charge is 0.488 e. The molecule has 1 aliphatic heterocycles. The van der Waals surface area contributed by atoms with E-state index in [-0.39, 0.29) is 23.7 Å². The number of hydrogen-bond acceptors (Lipinski definition) is 7. The highest BCUT2D eigenvalue weighted by Gasteiger charge is 2.35. The molecule has 1 N–H and O–H groups in total. The molecular weight excluding hydrogens is 635 g/mol. The van der Waals surface area contributed by atoms with Crippen molar-refractivity contribution in [2.45, 2.75) is 25.3 Å². The smallest absolute Gasteiger partial charge is 0.323 e. The Balaban J connectivity index is 1.39. The number of hydroxylamine groups is 1. The molecule has 2 heterocycles. The van der Waals surface area contributed by atoms with Crippen molar-refractivity contribution >= 4 is 43.5 Å². The lowest BCUT2D eigenvalue weighted by Gasteiger charge is -2.12. The van der Waals surface area contributed by atoms with Gasteiger partial charge in [-0.05, 0) is 55.8 Å². The highest BCUT2D eigenvalue weighted by molar-refractivity contribution is 7.86. The lowest BCUT2D eigenvalue weighted by Crippen LogP contribution is -2.26. The van der Waals surface area contributed by atoms with Gasteiger partial charge >= 0.3 is 10.1 Å². The van der Waals surface area contributed by atoms with Gasteiger partial charge in [-0.1, -0.05) is 24.3 Å². The van der Waals surface area contributed by atoms with Crippen LogP contribution in [0.3, 0.4) is 0 Å².